The molecule has 12 heteroatoms. The van der Waals surface area contributed by atoms with E-state index in [4.69, 9.17) is 0 Å². The predicted octanol–water partition coefficient (Wildman–Crippen LogP) is 8.04. The van der Waals surface area contributed by atoms with Gasteiger partial charge in [-0.05, 0) is 95.8 Å². The first-order valence-electron chi connectivity index (χ1n) is 12.6. The second kappa shape index (κ2) is 12.9. The van der Waals surface area contributed by atoms with Crippen molar-refractivity contribution >= 4 is 56.2 Å². The summed E-state index contributed by atoms with van der Waals surface area (Å²) in [5, 5.41) is 27.9. The van der Waals surface area contributed by atoms with Crippen molar-refractivity contribution in [2.75, 3.05) is 10.6 Å². The lowest BCUT2D eigenvalue weighted by molar-refractivity contribution is -0.385. The number of non-ortho nitro benzene ring substituents is 2. The number of anilines is 2. The van der Waals surface area contributed by atoms with E-state index in [-0.39, 0.29) is 22.5 Å². The number of nitro benzene ring substituents is 2. The first-order valence-corrected chi connectivity index (χ1v) is 14.8. The zero-order valence-corrected chi connectivity index (χ0v) is 24.7. The normalized spacial score (nSPS) is 10.7. The number of nitrogens with zero attached hydrogens (tertiary/aromatic N) is 2. The van der Waals surface area contributed by atoms with Crippen LogP contribution in [0, 0.1) is 47.9 Å². The van der Waals surface area contributed by atoms with Crippen LogP contribution in [0.15, 0.2) is 82.6 Å². The topological polar surface area (TPSA) is 144 Å². The van der Waals surface area contributed by atoms with Crippen molar-refractivity contribution in [1.29, 1.82) is 0 Å². The maximum atomic E-state index is 13.1. The number of aryl methyl sites for hydroxylation is 4. The monoisotopic (exact) mass is 602 g/mol. The quantitative estimate of drug-likeness (QED) is 0.111. The van der Waals surface area contributed by atoms with Gasteiger partial charge in [0.1, 0.15) is 0 Å². The van der Waals surface area contributed by atoms with Crippen molar-refractivity contribution in [3.63, 3.8) is 0 Å². The molecule has 0 bridgehead atoms. The molecule has 10 nitrogen and oxygen atoms in total. The van der Waals surface area contributed by atoms with E-state index in [1.807, 2.05) is 52.0 Å². The molecular formula is C30H26N4O6S2. The van der Waals surface area contributed by atoms with Crippen LogP contribution in [-0.4, -0.2) is 21.7 Å². The molecule has 42 heavy (non-hydrogen) atoms. The summed E-state index contributed by atoms with van der Waals surface area (Å²) in [6.45, 7) is 7.63. The highest BCUT2D eigenvalue weighted by molar-refractivity contribution is 8.76. The highest BCUT2D eigenvalue weighted by Gasteiger charge is 2.19. The number of amides is 2. The fraction of sp³-hybridized carbons (Fsp3) is 0.133. The van der Waals surface area contributed by atoms with Crippen LogP contribution in [-0.2, 0) is 0 Å². The number of nitro groups is 2. The third-order valence-corrected chi connectivity index (χ3v) is 9.21. The SMILES string of the molecule is Cc1ccc(C)c(SSc2c(C)ccc(C)c2NC(=O)c2ccc([N+](=O)[O-])cc2)c1NC(=O)c1ccc([N+](=O)[O-])cc1. The lowest BCUT2D eigenvalue weighted by atomic mass is 10.1. The molecule has 4 aromatic rings. The summed E-state index contributed by atoms with van der Waals surface area (Å²) in [5.41, 5.74) is 5.16. The van der Waals surface area contributed by atoms with Gasteiger partial charge in [0.15, 0.2) is 0 Å². The van der Waals surface area contributed by atoms with E-state index in [2.05, 4.69) is 10.6 Å². The third kappa shape index (κ3) is 6.78. The molecule has 4 aromatic carbocycles. The molecule has 0 aliphatic carbocycles. The van der Waals surface area contributed by atoms with E-state index in [0.29, 0.717) is 11.4 Å². The predicted molar refractivity (Wildman–Crippen MR) is 166 cm³/mol. The van der Waals surface area contributed by atoms with Gasteiger partial charge >= 0.3 is 0 Å². The lowest BCUT2D eigenvalue weighted by Crippen LogP contribution is -2.14. The van der Waals surface area contributed by atoms with Crippen LogP contribution in [0.25, 0.3) is 0 Å². The average molecular weight is 603 g/mol. The summed E-state index contributed by atoms with van der Waals surface area (Å²) in [6, 6.07) is 18.5. The largest absolute Gasteiger partial charge is 0.321 e. The minimum atomic E-state index is -0.520. The van der Waals surface area contributed by atoms with Crippen LogP contribution in [0.1, 0.15) is 43.0 Å². The molecule has 0 aromatic heterocycles. The van der Waals surface area contributed by atoms with Gasteiger partial charge in [0.2, 0.25) is 0 Å². The Hall–Kier alpha value is -4.68. The van der Waals surface area contributed by atoms with E-state index in [1.54, 1.807) is 0 Å². The first-order chi connectivity index (χ1) is 20.0. The number of nitrogens with one attached hydrogen (secondary N) is 2. The Kier molecular flexibility index (Phi) is 9.28. The molecule has 0 radical (unpaired) electrons. The van der Waals surface area contributed by atoms with Gasteiger partial charge < -0.3 is 10.6 Å². The molecule has 0 unspecified atom stereocenters. The molecule has 0 heterocycles. The molecule has 0 spiro atoms. The van der Waals surface area contributed by atoms with Gasteiger partial charge in [0.05, 0.1) is 21.2 Å². The van der Waals surface area contributed by atoms with E-state index in [0.717, 1.165) is 32.0 Å². The van der Waals surface area contributed by atoms with Crippen LogP contribution in [0.3, 0.4) is 0 Å². The van der Waals surface area contributed by atoms with Gasteiger partial charge in [0.25, 0.3) is 23.2 Å². The molecular weight excluding hydrogens is 576 g/mol. The summed E-state index contributed by atoms with van der Waals surface area (Å²) < 4.78 is 0. The van der Waals surface area contributed by atoms with E-state index in [9.17, 15) is 29.8 Å². The van der Waals surface area contributed by atoms with Gasteiger partial charge in [-0.25, -0.2) is 0 Å². The Labute approximate surface area is 249 Å². The molecule has 0 aliphatic rings. The van der Waals surface area contributed by atoms with Gasteiger partial charge in [0, 0.05) is 45.2 Å². The van der Waals surface area contributed by atoms with Crippen LogP contribution in [0.4, 0.5) is 22.7 Å². The summed E-state index contributed by atoms with van der Waals surface area (Å²) in [5.74, 6) is -0.790. The Morgan fingerprint density at radius 3 is 1.17 bits per heavy atom. The van der Waals surface area contributed by atoms with Crippen LogP contribution in [0.5, 0.6) is 0 Å². The molecule has 0 atom stereocenters. The summed E-state index contributed by atoms with van der Waals surface area (Å²) in [4.78, 5) is 48.7. The van der Waals surface area contributed by atoms with Crippen molar-refractivity contribution in [3.05, 3.63) is 126 Å². The zero-order valence-electron chi connectivity index (χ0n) is 23.1. The summed E-state index contributed by atoms with van der Waals surface area (Å²) >= 11 is 0. The number of carbonyl (C=O) groups excluding carboxylic acids is 2. The zero-order chi connectivity index (χ0) is 30.6. The highest BCUT2D eigenvalue weighted by atomic mass is 33.1. The van der Waals surface area contributed by atoms with Crippen molar-refractivity contribution in [2.45, 2.75) is 37.5 Å². The molecule has 2 N–H and O–H groups in total. The number of hydrogen-bond donors (Lipinski definition) is 2. The summed E-state index contributed by atoms with van der Waals surface area (Å²) in [7, 11) is 2.87. The highest BCUT2D eigenvalue weighted by Crippen LogP contribution is 2.48. The fourth-order valence-corrected chi connectivity index (χ4v) is 6.96. The standard InChI is InChI=1S/C30H26N4O6S2/c1-17-5-7-19(3)27(25(17)31-29(35)21-9-13-23(14-10-21)33(37)38)41-42-28-20(4)8-6-18(2)26(28)32-30(36)22-11-15-24(16-12-22)34(39)40/h5-16H,1-4H3,(H,31,35)(H,32,36). The van der Waals surface area contributed by atoms with E-state index >= 15 is 0 Å². The number of carbonyl (C=O) groups is 2. The maximum absolute atomic E-state index is 13.1. The van der Waals surface area contributed by atoms with Gasteiger partial charge in [-0.2, -0.15) is 0 Å². The molecule has 0 aliphatic heterocycles. The average Bonchev–Trinajstić information content (AvgIpc) is 2.97. The molecule has 0 fully saturated rings. The van der Waals surface area contributed by atoms with Crippen LogP contribution < -0.4 is 10.6 Å². The number of rotatable bonds is 9. The third-order valence-electron chi connectivity index (χ3n) is 6.49. The second-order valence-electron chi connectivity index (χ2n) is 9.49. The fourth-order valence-electron chi connectivity index (χ4n) is 4.02. The molecule has 214 valence electrons. The van der Waals surface area contributed by atoms with Gasteiger partial charge in [-0.15, -0.1) is 0 Å². The van der Waals surface area contributed by atoms with Crippen molar-refractivity contribution < 1.29 is 19.4 Å². The van der Waals surface area contributed by atoms with Crippen molar-refractivity contribution in [3.8, 4) is 0 Å². The smallest absolute Gasteiger partial charge is 0.269 e. The van der Waals surface area contributed by atoms with Gasteiger partial charge in [-0.1, -0.05) is 24.3 Å². The summed E-state index contributed by atoms with van der Waals surface area (Å²) in [6.07, 6.45) is 0. The minimum Gasteiger partial charge on any atom is -0.321 e. The first kappa shape index (κ1) is 30.3. The molecule has 0 saturated heterocycles. The van der Waals surface area contributed by atoms with Gasteiger partial charge in [-0.3, -0.25) is 29.8 Å². The Bertz CT molecular complexity index is 1580. The number of hydrogen-bond acceptors (Lipinski definition) is 8. The van der Waals surface area contributed by atoms with Crippen molar-refractivity contribution in [2.24, 2.45) is 0 Å². The second-order valence-corrected chi connectivity index (χ2v) is 11.6. The molecule has 4 rings (SSSR count). The Balaban J connectivity index is 1.59. The Morgan fingerprint density at radius 1 is 0.548 bits per heavy atom. The minimum absolute atomic E-state index is 0.101. The van der Waals surface area contributed by atoms with Crippen LogP contribution in [0.2, 0.25) is 0 Å². The van der Waals surface area contributed by atoms with Crippen molar-refractivity contribution in [1.82, 2.24) is 0 Å². The molecule has 0 saturated carbocycles. The van der Waals surface area contributed by atoms with E-state index < -0.39 is 21.7 Å². The van der Waals surface area contributed by atoms with E-state index in [1.165, 1.54) is 70.1 Å². The Morgan fingerprint density at radius 2 is 0.857 bits per heavy atom. The number of benzene rings is 4. The molecule has 2 amide bonds. The van der Waals surface area contributed by atoms with Crippen LogP contribution >= 0.6 is 21.6 Å². The lowest BCUT2D eigenvalue weighted by Gasteiger charge is -2.19. The maximum Gasteiger partial charge on any atom is 0.269 e.